The summed E-state index contributed by atoms with van der Waals surface area (Å²) < 4.78 is 6.25. The first kappa shape index (κ1) is 15.3. The summed E-state index contributed by atoms with van der Waals surface area (Å²) in [4.78, 5) is 0. The molecule has 0 bridgehead atoms. The molecule has 0 saturated heterocycles. The minimum absolute atomic E-state index is 0.181. The lowest BCUT2D eigenvalue weighted by molar-refractivity contribution is 0.0825. The standard InChI is InChI=1S/C15H24ClNO/c1-6-15(5,10-17-7-2)18-14-11(3)8-13(16)9-12(14)4/h8-9,17H,6-7,10H2,1-5H3. The molecule has 0 fully saturated rings. The molecule has 0 radical (unpaired) electrons. The van der Waals surface area contributed by atoms with E-state index in [-0.39, 0.29) is 5.60 Å². The van der Waals surface area contributed by atoms with Gasteiger partial charge in [-0.2, -0.15) is 0 Å². The first-order valence-electron chi connectivity index (χ1n) is 6.58. The van der Waals surface area contributed by atoms with Crippen LogP contribution in [0.3, 0.4) is 0 Å². The van der Waals surface area contributed by atoms with E-state index in [0.717, 1.165) is 41.4 Å². The van der Waals surface area contributed by atoms with Crippen LogP contribution in [-0.4, -0.2) is 18.7 Å². The van der Waals surface area contributed by atoms with Crippen LogP contribution in [0.5, 0.6) is 5.75 Å². The Morgan fingerprint density at radius 2 is 1.78 bits per heavy atom. The van der Waals surface area contributed by atoms with Gasteiger partial charge in [-0.25, -0.2) is 0 Å². The van der Waals surface area contributed by atoms with Crippen LogP contribution in [0.1, 0.15) is 38.3 Å². The predicted octanol–water partition coefficient (Wildman–Crippen LogP) is 4.11. The second-order valence-electron chi connectivity index (χ2n) is 5.05. The van der Waals surface area contributed by atoms with Crippen LogP contribution >= 0.6 is 11.6 Å². The smallest absolute Gasteiger partial charge is 0.126 e. The number of benzene rings is 1. The van der Waals surface area contributed by atoms with Gasteiger partial charge >= 0.3 is 0 Å². The second-order valence-corrected chi connectivity index (χ2v) is 5.49. The normalized spacial score (nSPS) is 14.3. The summed E-state index contributed by atoms with van der Waals surface area (Å²) in [7, 11) is 0. The number of halogens is 1. The van der Waals surface area contributed by atoms with Crippen molar-refractivity contribution in [2.45, 2.75) is 46.6 Å². The highest BCUT2D eigenvalue weighted by molar-refractivity contribution is 6.30. The van der Waals surface area contributed by atoms with Crippen molar-refractivity contribution in [2.24, 2.45) is 0 Å². The molecule has 3 heteroatoms. The molecule has 1 aromatic rings. The maximum Gasteiger partial charge on any atom is 0.126 e. The summed E-state index contributed by atoms with van der Waals surface area (Å²) in [6.45, 7) is 12.3. The highest BCUT2D eigenvalue weighted by Gasteiger charge is 2.25. The van der Waals surface area contributed by atoms with Crippen molar-refractivity contribution in [3.8, 4) is 5.75 Å². The quantitative estimate of drug-likeness (QED) is 0.839. The lowest BCUT2D eigenvalue weighted by Crippen LogP contribution is -2.42. The highest BCUT2D eigenvalue weighted by Crippen LogP contribution is 2.31. The van der Waals surface area contributed by atoms with Gasteiger partial charge in [-0.1, -0.05) is 25.4 Å². The molecule has 0 aliphatic rings. The third-order valence-electron chi connectivity index (χ3n) is 3.27. The number of likely N-dealkylation sites (N-methyl/N-ethyl adjacent to an activating group) is 1. The van der Waals surface area contributed by atoms with Crippen LogP contribution in [0.15, 0.2) is 12.1 Å². The van der Waals surface area contributed by atoms with Crippen LogP contribution in [0.4, 0.5) is 0 Å². The van der Waals surface area contributed by atoms with Gasteiger partial charge in [-0.3, -0.25) is 0 Å². The van der Waals surface area contributed by atoms with E-state index in [1.807, 2.05) is 26.0 Å². The number of ether oxygens (including phenoxy) is 1. The average Bonchev–Trinajstić information content (AvgIpc) is 2.31. The molecule has 0 spiro atoms. The Labute approximate surface area is 116 Å². The number of rotatable bonds is 6. The fourth-order valence-electron chi connectivity index (χ4n) is 1.93. The van der Waals surface area contributed by atoms with E-state index in [4.69, 9.17) is 16.3 Å². The summed E-state index contributed by atoms with van der Waals surface area (Å²) in [5.74, 6) is 0.960. The molecule has 1 unspecified atom stereocenters. The highest BCUT2D eigenvalue weighted by atomic mass is 35.5. The summed E-state index contributed by atoms with van der Waals surface area (Å²) in [6.07, 6.45) is 0.960. The van der Waals surface area contributed by atoms with Gasteiger partial charge in [0, 0.05) is 11.6 Å². The van der Waals surface area contributed by atoms with Crippen molar-refractivity contribution in [2.75, 3.05) is 13.1 Å². The van der Waals surface area contributed by atoms with Gasteiger partial charge in [0.25, 0.3) is 0 Å². The Kier molecular flexibility index (Phi) is 5.48. The van der Waals surface area contributed by atoms with Gasteiger partial charge in [0.15, 0.2) is 0 Å². The van der Waals surface area contributed by atoms with Crippen molar-refractivity contribution in [1.82, 2.24) is 5.32 Å². The Morgan fingerprint density at radius 3 is 2.22 bits per heavy atom. The molecule has 0 heterocycles. The molecule has 18 heavy (non-hydrogen) atoms. The molecule has 0 aliphatic heterocycles. The Morgan fingerprint density at radius 1 is 1.22 bits per heavy atom. The van der Waals surface area contributed by atoms with Gasteiger partial charge in [0.05, 0.1) is 0 Å². The maximum absolute atomic E-state index is 6.25. The molecule has 1 N–H and O–H groups in total. The van der Waals surface area contributed by atoms with Crippen LogP contribution in [-0.2, 0) is 0 Å². The largest absolute Gasteiger partial charge is 0.486 e. The van der Waals surface area contributed by atoms with E-state index in [0.29, 0.717) is 0 Å². The first-order chi connectivity index (χ1) is 8.41. The van der Waals surface area contributed by atoms with Gasteiger partial charge in [-0.05, 0) is 57.0 Å². The topological polar surface area (TPSA) is 21.3 Å². The zero-order valence-electron chi connectivity index (χ0n) is 12.1. The predicted molar refractivity (Wildman–Crippen MR) is 78.8 cm³/mol. The molecule has 0 aromatic heterocycles. The second kappa shape index (κ2) is 6.44. The van der Waals surface area contributed by atoms with Crippen molar-refractivity contribution < 1.29 is 4.74 Å². The van der Waals surface area contributed by atoms with E-state index in [2.05, 4.69) is 26.1 Å². The lowest BCUT2D eigenvalue weighted by atomic mass is 10.0. The zero-order chi connectivity index (χ0) is 13.8. The number of hydrogen-bond acceptors (Lipinski definition) is 2. The molecule has 0 amide bonds. The SMILES string of the molecule is CCNCC(C)(CC)Oc1c(C)cc(Cl)cc1C. The fraction of sp³-hybridized carbons (Fsp3) is 0.600. The van der Waals surface area contributed by atoms with E-state index < -0.39 is 0 Å². The Bertz CT molecular complexity index is 382. The molecule has 0 aliphatic carbocycles. The van der Waals surface area contributed by atoms with Crippen molar-refractivity contribution in [1.29, 1.82) is 0 Å². The minimum atomic E-state index is -0.181. The number of aryl methyl sites for hydroxylation is 2. The molecule has 1 aromatic carbocycles. The van der Waals surface area contributed by atoms with Gasteiger partial charge in [0.1, 0.15) is 11.4 Å². The van der Waals surface area contributed by atoms with Crippen LogP contribution < -0.4 is 10.1 Å². The molecule has 102 valence electrons. The molecular weight excluding hydrogens is 246 g/mol. The number of hydrogen-bond donors (Lipinski definition) is 1. The molecule has 2 nitrogen and oxygen atoms in total. The van der Waals surface area contributed by atoms with Gasteiger partial charge in [0.2, 0.25) is 0 Å². The Balaban J connectivity index is 2.94. The van der Waals surface area contributed by atoms with Crippen molar-refractivity contribution in [3.63, 3.8) is 0 Å². The van der Waals surface area contributed by atoms with Crippen LogP contribution in [0.25, 0.3) is 0 Å². The molecule has 1 atom stereocenters. The first-order valence-corrected chi connectivity index (χ1v) is 6.96. The Hall–Kier alpha value is -0.730. The van der Waals surface area contributed by atoms with E-state index in [1.165, 1.54) is 0 Å². The van der Waals surface area contributed by atoms with Crippen LogP contribution in [0.2, 0.25) is 5.02 Å². The summed E-state index contributed by atoms with van der Waals surface area (Å²) in [5, 5.41) is 4.13. The van der Waals surface area contributed by atoms with E-state index >= 15 is 0 Å². The van der Waals surface area contributed by atoms with Crippen molar-refractivity contribution in [3.05, 3.63) is 28.3 Å². The average molecular weight is 270 g/mol. The molecule has 1 rings (SSSR count). The van der Waals surface area contributed by atoms with Gasteiger partial charge in [-0.15, -0.1) is 0 Å². The maximum atomic E-state index is 6.25. The van der Waals surface area contributed by atoms with Crippen LogP contribution in [0, 0.1) is 13.8 Å². The fourth-order valence-corrected chi connectivity index (χ4v) is 2.25. The van der Waals surface area contributed by atoms with E-state index in [1.54, 1.807) is 0 Å². The third-order valence-corrected chi connectivity index (χ3v) is 3.49. The van der Waals surface area contributed by atoms with E-state index in [9.17, 15) is 0 Å². The molecule has 0 saturated carbocycles. The third kappa shape index (κ3) is 3.89. The summed E-state index contributed by atoms with van der Waals surface area (Å²) in [5.41, 5.74) is 2.01. The van der Waals surface area contributed by atoms with Gasteiger partial charge < -0.3 is 10.1 Å². The lowest BCUT2D eigenvalue weighted by Gasteiger charge is -2.31. The molecular formula is C15H24ClNO. The minimum Gasteiger partial charge on any atom is -0.486 e. The zero-order valence-corrected chi connectivity index (χ0v) is 12.8. The summed E-state index contributed by atoms with van der Waals surface area (Å²) in [6, 6.07) is 3.90. The van der Waals surface area contributed by atoms with Crippen molar-refractivity contribution >= 4 is 11.6 Å². The summed E-state index contributed by atoms with van der Waals surface area (Å²) >= 11 is 6.04. The number of nitrogens with one attached hydrogen (secondary N) is 1. The monoisotopic (exact) mass is 269 g/mol.